The quantitative estimate of drug-likeness (QED) is 0.352. The van der Waals surface area contributed by atoms with E-state index in [2.05, 4.69) is 10.1 Å². The third kappa shape index (κ3) is 2.20. The average molecular weight is 217 g/mol. The van der Waals surface area contributed by atoms with E-state index in [1.165, 1.54) is 0 Å². The molecule has 1 heterocycles. The number of hydrogen-bond donors (Lipinski definition) is 2. The van der Waals surface area contributed by atoms with Crippen LogP contribution in [0.5, 0.6) is 5.75 Å². The molecule has 1 aromatic carbocycles. The zero-order valence-electron chi connectivity index (χ0n) is 8.50. The molecule has 0 saturated heterocycles. The second kappa shape index (κ2) is 4.48. The molecule has 0 spiro atoms. The van der Waals surface area contributed by atoms with Crippen molar-refractivity contribution >= 4 is 16.7 Å². The summed E-state index contributed by atoms with van der Waals surface area (Å²) in [6.07, 6.45) is 1.72. The third-order valence-electron chi connectivity index (χ3n) is 2.09. The fourth-order valence-corrected chi connectivity index (χ4v) is 1.32. The zero-order chi connectivity index (χ0) is 11.4. The summed E-state index contributed by atoms with van der Waals surface area (Å²) in [5, 5.41) is 12.2. The molecule has 0 atom stereocenters. The van der Waals surface area contributed by atoms with Crippen molar-refractivity contribution in [3.8, 4) is 5.75 Å². The summed E-state index contributed by atoms with van der Waals surface area (Å²) in [7, 11) is 0. The average Bonchev–Trinajstić information content (AvgIpc) is 2.35. The summed E-state index contributed by atoms with van der Waals surface area (Å²) in [6.45, 7) is 0.0504. The van der Waals surface area contributed by atoms with Crippen molar-refractivity contribution < 1.29 is 9.94 Å². The van der Waals surface area contributed by atoms with Gasteiger partial charge in [0.25, 0.3) is 0 Å². The van der Waals surface area contributed by atoms with Gasteiger partial charge in [-0.2, -0.15) is 0 Å². The van der Waals surface area contributed by atoms with Gasteiger partial charge in [-0.05, 0) is 18.2 Å². The monoisotopic (exact) mass is 217 g/mol. The Bertz CT molecular complexity index is 525. The first kappa shape index (κ1) is 10.2. The van der Waals surface area contributed by atoms with Crippen LogP contribution in [0.25, 0.3) is 10.9 Å². The van der Waals surface area contributed by atoms with Gasteiger partial charge in [-0.15, -0.1) is 0 Å². The Morgan fingerprint density at radius 3 is 3.12 bits per heavy atom. The topological polar surface area (TPSA) is 80.7 Å². The van der Waals surface area contributed by atoms with E-state index in [1.807, 2.05) is 24.3 Å². The molecule has 2 aromatic rings. The summed E-state index contributed by atoms with van der Waals surface area (Å²) in [5.41, 5.74) is 6.14. The van der Waals surface area contributed by atoms with Gasteiger partial charge in [0, 0.05) is 17.6 Å². The van der Waals surface area contributed by atoms with Crippen LogP contribution in [0.1, 0.15) is 0 Å². The standard InChI is InChI=1S/C11H11N3O2/c12-11(14-15)7-16-9-4-3-8-2-1-5-13-10(8)6-9/h1-6,15H,7H2,(H2,12,14). The molecule has 5 nitrogen and oxygen atoms in total. The Kier molecular flexibility index (Phi) is 2.86. The van der Waals surface area contributed by atoms with Crippen molar-refractivity contribution in [1.82, 2.24) is 4.98 Å². The van der Waals surface area contributed by atoms with E-state index in [0.717, 1.165) is 10.9 Å². The maximum Gasteiger partial charge on any atom is 0.177 e. The molecule has 16 heavy (non-hydrogen) atoms. The highest BCUT2D eigenvalue weighted by atomic mass is 16.5. The lowest BCUT2D eigenvalue weighted by Gasteiger charge is -2.05. The number of nitrogens with zero attached hydrogens (tertiary/aromatic N) is 2. The summed E-state index contributed by atoms with van der Waals surface area (Å²) < 4.78 is 5.31. The Hall–Kier alpha value is -2.30. The second-order valence-electron chi connectivity index (χ2n) is 3.24. The Morgan fingerprint density at radius 1 is 1.44 bits per heavy atom. The number of rotatable bonds is 3. The Balaban J connectivity index is 2.20. The number of ether oxygens (including phenoxy) is 1. The maximum absolute atomic E-state index is 8.36. The first-order valence-electron chi connectivity index (χ1n) is 4.73. The van der Waals surface area contributed by atoms with Crippen LogP contribution in [0, 0.1) is 0 Å². The number of hydrogen-bond acceptors (Lipinski definition) is 4. The van der Waals surface area contributed by atoms with Crippen molar-refractivity contribution in [2.45, 2.75) is 0 Å². The molecule has 0 fully saturated rings. The van der Waals surface area contributed by atoms with Gasteiger partial charge in [0.05, 0.1) is 5.52 Å². The summed E-state index contributed by atoms with van der Waals surface area (Å²) in [6, 6.07) is 9.37. The van der Waals surface area contributed by atoms with Crippen LogP contribution >= 0.6 is 0 Å². The van der Waals surface area contributed by atoms with Gasteiger partial charge in [0.2, 0.25) is 0 Å². The molecular weight excluding hydrogens is 206 g/mol. The summed E-state index contributed by atoms with van der Waals surface area (Å²) >= 11 is 0. The largest absolute Gasteiger partial charge is 0.485 e. The van der Waals surface area contributed by atoms with Crippen LogP contribution < -0.4 is 10.5 Å². The van der Waals surface area contributed by atoms with Crippen LogP contribution in [0.15, 0.2) is 41.7 Å². The highest BCUT2D eigenvalue weighted by Crippen LogP contribution is 2.18. The van der Waals surface area contributed by atoms with E-state index in [4.69, 9.17) is 15.7 Å². The third-order valence-corrected chi connectivity index (χ3v) is 2.09. The van der Waals surface area contributed by atoms with Crippen molar-refractivity contribution in [3.05, 3.63) is 36.5 Å². The molecule has 0 saturated carbocycles. The minimum absolute atomic E-state index is 0.0288. The number of benzene rings is 1. The molecule has 0 aliphatic carbocycles. The SMILES string of the molecule is N/C(COc1ccc2cccnc2c1)=N/O. The summed E-state index contributed by atoms with van der Waals surface area (Å²) in [4.78, 5) is 4.20. The molecule has 3 N–H and O–H groups in total. The molecule has 2 rings (SSSR count). The molecule has 1 aromatic heterocycles. The number of oxime groups is 1. The van der Waals surface area contributed by atoms with Crippen LogP contribution in [0.3, 0.4) is 0 Å². The minimum atomic E-state index is 0.0288. The Labute approximate surface area is 92.2 Å². The minimum Gasteiger partial charge on any atom is -0.485 e. The molecule has 0 aliphatic heterocycles. The molecular formula is C11H11N3O2. The fourth-order valence-electron chi connectivity index (χ4n) is 1.32. The van der Waals surface area contributed by atoms with Gasteiger partial charge in [-0.25, -0.2) is 0 Å². The Morgan fingerprint density at radius 2 is 2.31 bits per heavy atom. The smallest absolute Gasteiger partial charge is 0.177 e. The van der Waals surface area contributed by atoms with Gasteiger partial charge < -0.3 is 15.7 Å². The van der Waals surface area contributed by atoms with Crippen molar-refractivity contribution in [1.29, 1.82) is 0 Å². The van der Waals surface area contributed by atoms with Crippen molar-refractivity contribution in [2.75, 3.05) is 6.61 Å². The molecule has 0 bridgehead atoms. The van der Waals surface area contributed by atoms with Gasteiger partial charge in [0.15, 0.2) is 5.84 Å². The van der Waals surface area contributed by atoms with E-state index < -0.39 is 0 Å². The zero-order valence-corrected chi connectivity index (χ0v) is 8.50. The summed E-state index contributed by atoms with van der Waals surface area (Å²) in [5.74, 6) is 0.666. The van der Waals surface area contributed by atoms with E-state index in [9.17, 15) is 0 Å². The van der Waals surface area contributed by atoms with E-state index >= 15 is 0 Å². The lowest BCUT2D eigenvalue weighted by molar-refractivity contribution is 0.306. The lowest BCUT2D eigenvalue weighted by atomic mass is 10.2. The number of pyridine rings is 1. The molecule has 0 aliphatic rings. The molecule has 0 radical (unpaired) electrons. The highest BCUT2D eigenvalue weighted by Gasteiger charge is 1.99. The van der Waals surface area contributed by atoms with Crippen LogP contribution in [0.2, 0.25) is 0 Å². The fraction of sp³-hybridized carbons (Fsp3) is 0.0909. The molecule has 0 unspecified atom stereocenters. The van der Waals surface area contributed by atoms with Gasteiger partial charge in [-0.1, -0.05) is 11.2 Å². The lowest BCUT2D eigenvalue weighted by Crippen LogP contribution is -2.20. The maximum atomic E-state index is 8.36. The first-order chi connectivity index (χ1) is 7.79. The van der Waals surface area contributed by atoms with Crippen molar-refractivity contribution in [3.63, 3.8) is 0 Å². The van der Waals surface area contributed by atoms with Crippen LogP contribution in [-0.2, 0) is 0 Å². The number of fused-ring (bicyclic) bond motifs is 1. The first-order valence-corrected chi connectivity index (χ1v) is 4.73. The molecule has 0 amide bonds. The van der Waals surface area contributed by atoms with Crippen molar-refractivity contribution in [2.24, 2.45) is 10.9 Å². The van der Waals surface area contributed by atoms with Gasteiger partial charge >= 0.3 is 0 Å². The van der Waals surface area contributed by atoms with E-state index in [0.29, 0.717) is 5.75 Å². The van der Waals surface area contributed by atoms with Crippen LogP contribution in [-0.4, -0.2) is 22.6 Å². The highest BCUT2D eigenvalue weighted by molar-refractivity contribution is 5.82. The number of amidine groups is 1. The second-order valence-corrected chi connectivity index (χ2v) is 3.24. The molecule has 82 valence electrons. The predicted molar refractivity (Wildman–Crippen MR) is 60.6 cm³/mol. The van der Waals surface area contributed by atoms with Crippen LogP contribution in [0.4, 0.5) is 0 Å². The van der Waals surface area contributed by atoms with E-state index in [-0.39, 0.29) is 12.4 Å². The van der Waals surface area contributed by atoms with Gasteiger partial charge in [-0.3, -0.25) is 4.98 Å². The van der Waals surface area contributed by atoms with Gasteiger partial charge in [0.1, 0.15) is 12.4 Å². The normalized spacial score (nSPS) is 11.6. The predicted octanol–water partition coefficient (Wildman–Crippen LogP) is 1.36. The molecule has 5 heteroatoms. The van der Waals surface area contributed by atoms with E-state index in [1.54, 1.807) is 12.3 Å². The number of nitrogens with two attached hydrogens (primary N) is 1. The number of aromatic nitrogens is 1.